The maximum atomic E-state index is 8.96. The predicted molar refractivity (Wildman–Crippen MR) is 73.3 cm³/mol. The van der Waals surface area contributed by atoms with Crippen molar-refractivity contribution >= 4 is 0 Å². The molecule has 1 aliphatic heterocycles. The van der Waals surface area contributed by atoms with Crippen LogP contribution in [0.4, 0.5) is 0 Å². The van der Waals surface area contributed by atoms with E-state index in [1.165, 1.54) is 58.5 Å². The first kappa shape index (κ1) is 14.9. The zero-order valence-corrected chi connectivity index (χ0v) is 11.7. The van der Waals surface area contributed by atoms with Crippen LogP contribution >= 0.6 is 0 Å². The highest BCUT2D eigenvalue weighted by Crippen LogP contribution is 2.15. The molecule has 1 heterocycles. The molecule has 0 aromatic rings. The zero-order chi connectivity index (χ0) is 12.5. The highest BCUT2D eigenvalue weighted by Gasteiger charge is 2.15. The summed E-state index contributed by atoms with van der Waals surface area (Å²) in [5.74, 6) is 0.733. The summed E-state index contributed by atoms with van der Waals surface area (Å²) in [6.07, 6.45) is 4.78. The van der Waals surface area contributed by atoms with E-state index in [0.29, 0.717) is 6.61 Å². The molecule has 3 nitrogen and oxygen atoms in total. The number of likely N-dealkylation sites (N-methyl/N-ethyl adjacent to an activating group) is 1. The van der Waals surface area contributed by atoms with Crippen LogP contribution in [-0.4, -0.2) is 60.8 Å². The van der Waals surface area contributed by atoms with Gasteiger partial charge < -0.3 is 14.9 Å². The van der Waals surface area contributed by atoms with Gasteiger partial charge >= 0.3 is 0 Å². The molecule has 1 aliphatic rings. The fourth-order valence-electron chi connectivity index (χ4n) is 2.67. The second kappa shape index (κ2) is 8.90. The van der Waals surface area contributed by atoms with Gasteiger partial charge in [0.05, 0.1) is 0 Å². The maximum Gasteiger partial charge on any atom is 0.0433 e. The number of rotatable bonds is 8. The molecule has 3 heteroatoms. The van der Waals surface area contributed by atoms with Crippen molar-refractivity contribution in [3.63, 3.8) is 0 Å². The standard InChI is InChI=1S/C14H30N2O/c1-3-14(7-13-17)6-5-8-16-11-9-15(4-2)10-12-16/h14,17H,3-13H2,1-2H3/t14-/m0/s1. The number of hydrogen-bond donors (Lipinski definition) is 1. The highest BCUT2D eigenvalue weighted by atomic mass is 16.3. The molecule has 102 valence electrons. The largest absolute Gasteiger partial charge is 0.396 e. The van der Waals surface area contributed by atoms with Gasteiger partial charge in [-0.1, -0.05) is 20.3 Å². The molecule has 1 atom stereocenters. The van der Waals surface area contributed by atoms with Crippen LogP contribution in [0.5, 0.6) is 0 Å². The zero-order valence-electron chi connectivity index (χ0n) is 11.7. The Labute approximate surface area is 107 Å². The molecule has 1 N–H and O–H groups in total. The lowest BCUT2D eigenvalue weighted by atomic mass is 9.97. The Kier molecular flexibility index (Phi) is 7.82. The first-order valence-corrected chi connectivity index (χ1v) is 7.35. The van der Waals surface area contributed by atoms with E-state index in [0.717, 1.165) is 12.3 Å². The van der Waals surface area contributed by atoms with Gasteiger partial charge in [0.2, 0.25) is 0 Å². The smallest absolute Gasteiger partial charge is 0.0433 e. The molecule has 0 aromatic carbocycles. The van der Waals surface area contributed by atoms with Crippen molar-refractivity contribution in [2.24, 2.45) is 5.92 Å². The Morgan fingerprint density at radius 2 is 1.65 bits per heavy atom. The Hall–Kier alpha value is -0.120. The first-order chi connectivity index (χ1) is 8.30. The van der Waals surface area contributed by atoms with E-state index in [1.807, 2.05) is 0 Å². The van der Waals surface area contributed by atoms with Crippen molar-refractivity contribution in [3.05, 3.63) is 0 Å². The third kappa shape index (κ3) is 5.84. The molecule has 0 aromatic heterocycles. The lowest BCUT2D eigenvalue weighted by Gasteiger charge is -2.34. The predicted octanol–water partition coefficient (Wildman–Crippen LogP) is 1.81. The molecule has 0 spiro atoms. The fraction of sp³-hybridized carbons (Fsp3) is 1.00. The summed E-state index contributed by atoms with van der Waals surface area (Å²) >= 11 is 0. The van der Waals surface area contributed by atoms with Crippen molar-refractivity contribution in [1.82, 2.24) is 9.80 Å². The summed E-state index contributed by atoms with van der Waals surface area (Å²) in [6, 6.07) is 0. The summed E-state index contributed by atoms with van der Waals surface area (Å²) in [6.45, 7) is 12.2. The Bertz CT molecular complexity index is 179. The number of piperazine rings is 1. The summed E-state index contributed by atoms with van der Waals surface area (Å²) < 4.78 is 0. The number of hydrogen-bond acceptors (Lipinski definition) is 3. The number of aliphatic hydroxyl groups excluding tert-OH is 1. The van der Waals surface area contributed by atoms with Crippen LogP contribution in [0.1, 0.15) is 39.5 Å². The topological polar surface area (TPSA) is 26.7 Å². The van der Waals surface area contributed by atoms with Gasteiger partial charge in [-0.3, -0.25) is 0 Å². The molecule has 1 saturated heterocycles. The quantitative estimate of drug-likeness (QED) is 0.703. The van der Waals surface area contributed by atoms with Crippen molar-refractivity contribution in [2.45, 2.75) is 39.5 Å². The van der Waals surface area contributed by atoms with Gasteiger partial charge in [0.25, 0.3) is 0 Å². The van der Waals surface area contributed by atoms with E-state index < -0.39 is 0 Å². The SMILES string of the molecule is CC[C@H](CCO)CCCN1CCN(CC)CC1. The van der Waals surface area contributed by atoms with Crippen molar-refractivity contribution in [3.8, 4) is 0 Å². The molecule has 0 unspecified atom stereocenters. The van der Waals surface area contributed by atoms with E-state index in [4.69, 9.17) is 5.11 Å². The Morgan fingerprint density at radius 3 is 2.18 bits per heavy atom. The van der Waals surface area contributed by atoms with Crippen molar-refractivity contribution in [2.75, 3.05) is 45.9 Å². The second-order valence-electron chi connectivity index (χ2n) is 5.20. The van der Waals surface area contributed by atoms with Gasteiger partial charge in [-0.15, -0.1) is 0 Å². The summed E-state index contributed by atoms with van der Waals surface area (Å²) in [5, 5.41) is 8.96. The fourth-order valence-corrected chi connectivity index (χ4v) is 2.67. The lowest BCUT2D eigenvalue weighted by molar-refractivity contribution is 0.133. The summed E-state index contributed by atoms with van der Waals surface area (Å²) in [5.41, 5.74) is 0. The van der Waals surface area contributed by atoms with Gasteiger partial charge in [-0.2, -0.15) is 0 Å². The molecule has 0 radical (unpaired) electrons. The van der Waals surface area contributed by atoms with E-state index >= 15 is 0 Å². The summed E-state index contributed by atoms with van der Waals surface area (Å²) in [7, 11) is 0. The average Bonchev–Trinajstić information content (AvgIpc) is 2.38. The van der Waals surface area contributed by atoms with Gasteiger partial charge in [0.15, 0.2) is 0 Å². The van der Waals surface area contributed by atoms with Crippen LogP contribution in [0.3, 0.4) is 0 Å². The molecule has 17 heavy (non-hydrogen) atoms. The van der Waals surface area contributed by atoms with Crippen LogP contribution in [0, 0.1) is 5.92 Å². The minimum absolute atomic E-state index is 0.355. The molecule has 1 fully saturated rings. The van der Waals surface area contributed by atoms with Gasteiger partial charge in [0, 0.05) is 32.8 Å². The van der Waals surface area contributed by atoms with Gasteiger partial charge in [-0.05, 0) is 38.3 Å². The normalized spacial score (nSPS) is 20.6. The van der Waals surface area contributed by atoms with Crippen LogP contribution in [0.15, 0.2) is 0 Å². The highest BCUT2D eigenvalue weighted by molar-refractivity contribution is 4.71. The molecule has 1 rings (SSSR count). The number of nitrogens with zero attached hydrogens (tertiary/aromatic N) is 2. The van der Waals surface area contributed by atoms with Crippen LogP contribution < -0.4 is 0 Å². The summed E-state index contributed by atoms with van der Waals surface area (Å²) in [4.78, 5) is 5.12. The van der Waals surface area contributed by atoms with Crippen LogP contribution in [0.25, 0.3) is 0 Å². The molecular formula is C14H30N2O. The van der Waals surface area contributed by atoms with Crippen molar-refractivity contribution < 1.29 is 5.11 Å². The van der Waals surface area contributed by atoms with E-state index in [-0.39, 0.29) is 0 Å². The van der Waals surface area contributed by atoms with Gasteiger partial charge in [0.1, 0.15) is 0 Å². The third-order valence-corrected chi connectivity index (χ3v) is 4.11. The molecule has 0 aliphatic carbocycles. The van der Waals surface area contributed by atoms with E-state index in [9.17, 15) is 0 Å². The molecular weight excluding hydrogens is 212 g/mol. The monoisotopic (exact) mass is 242 g/mol. The Balaban J connectivity index is 2.06. The molecule has 0 saturated carbocycles. The minimum Gasteiger partial charge on any atom is -0.396 e. The van der Waals surface area contributed by atoms with Crippen molar-refractivity contribution in [1.29, 1.82) is 0 Å². The second-order valence-corrected chi connectivity index (χ2v) is 5.20. The average molecular weight is 242 g/mol. The van der Waals surface area contributed by atoms with E-state index in [2.05, 4.69) is 23.6 Å². The van der Waals surface area contributed by atoms with Gasteiger partial charge in [-0.25, -0.2) is 0 Å². The lowest BCUT2D eigenvalue weighted by Crippen LogP contribution is -2.46. The molecule has 0 amide bonds. The van der Waals surface area contributed by atoms with Crippen LogP contribution in [0.2, 0.25) is 0 Å². The number of aliphatic hydroxyl groups is 1. The Morgan fingerprint density at radius 1 is 1.00 bits per heavy atom. The molecule has 0 bridgehead atoms. The third-order valence-electron chi connectivity index (χ3n) is 4.11. The first-order valence-electron chi connectivity index (χ1n) is 7.35. The minimum atomic E-state index is 0.355. The van der Waals surface area contributed by atoms with E-state index in [1.54, 1.807) is 0 Å². The maximum absolute atomic E-state index is 8.96. The van der Waals surface area contributed by atoms with Crippen LogP contribution in [-0.2, 0) is 0 Å².